The molecule has 0 aliphatic heterocycles. The molecule has 5 nitrogen and oxygen atoms in total. The number of hydrogen-bond donors (Lipinski definition) is 1. The summed E-state index contributed by atoms with van der Waals surface area (Å²) in [6.07, 6.45) is 2.52. The summed E-state index contributed by atoms with van der Waals surface area (Å²) in [6.45, 7) is 2.04. The minimum absolute atomic E-state index is 0.0557. The van der Waals surface area contributed by atoms with Crippen LogP contribution in [0, 0.1) is 15.5 Å². The van der Waals surface area contributed by atoms with E-state index in [1.807, 2.05) is 6.92 Å². The van der Waals surface area contributed by atoms with Crippen LogP contribution in [0.2, 0.25) is 0 Å². The fourth-order valence-corrected chi connectivity index (χ4v) is 1.55. The lowest BCUT2D eigenvalue weighted by Crippen LogP contribution is -2.00. The second-order valence-corrected chi connectivity index (χ2v) is 4.18. The number of non-ortho nitro benzene ring substituents is 1. The van der Waals surface area contributed by atoms with Crippen LogP contribution in [0.3, 0.4) is 0 Å². The Kier molecular flexibility index (Phi) is 5.45. The van der Waals surface area contributed by atoms with Gasteiger partial charge >= 0.3 is 0 Å². The highest BCUT2D eigenvalue weighted by molar-refractivity contribution is 6.66. The first-order chi connectivity index (χ1) is 8.54. The van der Waals surface area contributed by atoms with Gasteiger partial charge in [-0.25, -0.2) is 4.99 Å². The number of rotatable bonds is 5. The van der Waals surface area contributed by atoms with Crippen molar-refractivity contribution in [1.29, 1.82) is 5.41 Å². The quantitative estimate of drug-likeness (QED) is 0.382. The molecule has 1 rings (SSSR count). The maximum absolute atomic E-state index is 10.6. The molecule has 0 atom stereocenters. The molecule has 0 radical (unpaired) electrons. The highest BCUT2D eigenvalue weighted by Gasteiger charge is 2.08. The summed E-state index contributed by atoms with van der Waals surface area (Å²) in [5.41, 5.74) is 0.330. The SMILES string of the molecule is CCCCC(Cl)=NC(=N)c1cccc([N+](=O)[O-])c1. The molecule has 0 spiro atoms. The van der Waals surface area contributed by atoms with Crippen molar-refractivity contribution in [2.45, 2.75) is 26.2 Å². The third-order valence-corrected chi connectivity index (χ3v) is 2.57. The normalized spacial score (nSPS) is 11.3. The number of amidine groups is 1. The van der Waals surface area contributed by atoms with Gasteiger partial charge in [0, 0.05) is 24.1 Å². The molecule has 0 bridgehead atoms. The van der Waals surface area contributed by atoms with Crippen molar-refractivity contribution >= 4 is 28.3 Å². The van der Waals surface area contributed by atoms with Gasteiger partial charge in [-0.2, -0.15) is 0 Å². The van der Waals surface area contributed by atoms with Crippen molar-refractivity contribution < 1.29 is 4.92 Å². The molecule has 1 aromatic rings. The molecule has 0 amide bonds. The van der Waals surface area contributed by atoms with Gasteiger partial charge in [0.05, 0.1) is 4.92 Å². The van der Waals surface area contributed by atoms with Gasteiger partial charge in [0.15, 0.2) is 5.84 Å². The minimum Gasteiger partial charge on any atom is -0.282 e. The van der Waals surface area contributed by atoms with Crippen LogP contribution in [0.4, 0.5) is 5.69 Å². The average Bonchev–Trinajstić information content (AvgIpc) is 2.36. The van der Waals surface area contributed by atoms with Crippen molar-refractivity contribution in [3.8, 4) is 0 Å². The number of nitro benzene ring substituents is 1. The number of nitro groups is 1. The van der Waals surface area contributed by atoms with Gasteiger partial charge in [0.2, 0.25) is 0 Å². The summed E-state index contributed by atoms with van der Waals surface area (Å²) in [5.74, 6) is -0.0557. The Morgan fingerprint density at radius 3 is 2.89 bits per heavy atom. The van der Waals surface area contributed by atoms with Crippen LogP contribution in [-0.4, -0.2) is 15.9 Å². The third-order valence-electron chi connectivity index (χ3n) is 2.30. The van der Waals surface area contributed by atoms with Crippen LogP contribution in [0.25, 0.3) is 0 Å². The topological polar surface area (TPSA) is 79.3 Å². The lowest BCUT2D eigenvalue weighted by molar-refractivity contribution is -0.384. The van der Waals surface area contributed by atoms with Crippen LogP contribution >= 0.6 is 11.6 Å². The Balaban J connectivity index is 2.84. The van der Waals surface area contributed by atoms with Crippen LogP contribution in [0.5, 0.6) is 0 Å². The molecule has 0 saturated carbocycles. The van der Waals surface area contributed by atoms with E-state index in [4.69, 9.17) is 17.0 Å². The highest BCUT2D eigenvalue weighted by atomic mass is 35.5. The molecule has 0 heterocycles. The van der Waals surface area contributed by atoms with Gasteiger partial charge in [-0.05, 0) is 6.42 Å². The Morgan fingerprint density at radius 2 is 2.28 bits per heavy atom. The molecule has 0 saturated heterocycles. The summed E-state index contributed by atoms with van der Waals surface area (Å²) in [7, 11) is 0. The molecule has 0 aliphatic rings. The third kappa shape index (κ3) is 4.25. The van der Waals surface area contributed by atoms with Crippen LogP contribution in [0.15, 0.2) is 29.3 Å². The van der Waals surface area contributed by atoms with Crippen LogP contribution in [-0.2, 0) is 0 Å². The van der Waals surface area contributed by atoms with Crippen LogP contribution in [0.1, 0.15) is 31.7 Å². The molecule has 0 aromatic heterocycles. The van der Waals surface area contributed by atoms with E-state index in [1.165, 1.54) is 18.2 Å². The fourth-order valence-electron chi connectivity index (χ4n) is 1.33. The Bertz CT molecular complexity index is 486. The van der Waals surface area contributed by atoms with Gasteiger partial charge in [-0.15, -0.1) is 0 Å². The zero-order chi connectivity index (χ0) is 13.5. The van der Waals surface area contributed by atoms with E-state index in [2.05, 4.69) is 4.99 Å². The maximum atomic E-state index is 10.6. The van der Waals surface area contributed by atoms with Crippen molar-refractivity contribution in [2.75, 3.05) is 0 Å². The Hall–Kier alpha value is -1.75. The van der Waals surface area contributed by atoms with E-state index in [0.717, 1.165) is 12.8 Å². The molecule has 0 unspecified atom stereocenters. The predicted molar refractivity (Wildman–Crippen MR) is 72.7 cm³/mol. The standard InChI is InChI=1S/C12H14ClN3O2/c1-2-3-7-11(13)15-12(14)9-5-4-6-10(8-9)16(17)18/h4-6,8,14H,2-3,7H2,1H3. The van der Waals surface area contributed by atoms with Crippen LogP contribution < -0.4 is 0 Å². The van der Waals surface area contributed by atoms with E-state index >= 15 is 0 Å². The second-order valence-electron chi connectivity index (χ2n) is 3.75. The van der Waals surface area contributed by atoms with Gasteiger partial charge in [0.25, 0.3) is 5.69 Å². The summed E-state index contributed by atoms with van der Waals surface area (Å²) >= 11 is 5.88. The summed E-state index contributed by atoms with van der Waals surface area (Å²) in [5, 5.41) is 18.7. The smallest absolute Gasteiger partial charge is 0.270 e. The minimum atomic E-state index is -0.501. The van der Waals surface area contributed by atoms with E-state index in [-0.39, 0.29) is 11.5 Å². The zero-order valence-corrected chi connectivity index (χ0v) is 10.8. The van der Waals surface area contributed by atoms with Gasteiger partial charge in [-0.3, -0.25) is 15.5 Å². The predicted octanol–water partition coefficient (Wildman–Crippen LogP) is 3.75. The number of halogens is 1. The molecule has 1 aromatic carbocycles. The molecule has 0 aliphatic carbocycles. The highest BCUT2D eigenvalue weighted by Crippen LogP contribution is 2.14. The van der Waals surface area contributed by atoms with E-state index in [1.54, 1.807) is 6.07 Å². The molecular formula is C12H14ClN3O2. The number of nitrogens with zero attached hydrogens (tertiary/aromatic N) is 2. The van der Waals surface area contributed by atoms with Gasteiger partial charge < -0.3 is 0 Å². The molecular weight excluding hydrogens is 254 g/mol. The first-order valence-corrected chi connectivity index (χ1v) is 5.98. The van der Waals surface area contributed by atoms with Crippen molar-refractivity contribution in [3.05, 3.63) is 39.9 Å². The van der Waals surface area contributed by atoms with E-state index in [0.29, 0.717) is 17.2 Å². The number of nitrogens with one attached hydrogen (secondary N) is 1. The number of unbranched alkanes of at least 4 members (excludes halogenated alkanes) is 1. The van der Waals surface area contributed by atoms with Gasteiger partial charge in [-0.1, -0.05) is 37.1 Å². The van der Waals surface area contributed by atoms with Gasteiger partial charge in [0.1, 0.15) is 5.17 Å². The molecule has 18 heavy (non-hydrogen) atoms. The number of benzene rings is 1. The summed E-state index contributed by atoms with van der Waals surface area (Å²) in [4.78, 5) is 14.0. The number of aliphatic imine (C=N–C) groups is 1. The Morgan fingerprint density at radius 1 is 1.56 bits per heavy atom. The second kappa shape index (κ2) is 6.86. The maximum Gasteiger partial charge on any atom is 0.270 e. The molecule has 96 valence electrons. The fraction of sp³-hybridized carbons (Fsp3) is 0.333. The Labute approximate surface area is 110 Å². The first kappa shape index (κ1) is 14.3. The van der Waals surface area contributed by atoms with Crippen molar-refractivity contribution in [2.24, 2.45) is 4.99 Å². The lowest BCUT2D eigenvalue weighted by Gasteiger charge is -2.00. The monoisotopic (exact) mass is 267 g/mol. The van der Waals surface area contributed by atoms with E-state index in [9.17, 15) is 10.1 Å². The largest absolute Gasteiger partial charge is 0.282 e. The van der Waals surface area contributed by atoms with Crippen molar-refractivity contribution in [1.82, 2.24) is 0 Å². The molecule has 0 fully saturated rings. The lowest BCUT2D eigenvalue weighted by atomic mass is 10.2. The summed E-state index contributed by atoms with van der Waals surface area (Å²) < 4.78 is 0. The average molecular weight is 268 g/mol. The summed E-state index contributed by atoms with van der Waals surface area (Å²) in [6, 6.07) is 5.81. The van der Waals surface area contributed by atoms with Crippen molar-refractivity contribution in [3.63, 3.8) is 0 Å². The molecule has 1 N–H and O–H groups in total. The molecule has 6 heteroatoms. The number of hydrogen-bond acceptors (Lipinski definition) is 3. The van der Waals surface area contributed by atoms with E-state index < -0.39 is 4.92 Å². The zero-order valence-electron chi connectivity index (χ0n) is 10.0. The first-order valence-electron chi connectivity index (χ1n) is 5.61.